The van der Waals surface area contributed by atoms with E-state index in [0.29, 0.717) is 18.3 Å². The van der Waals surface area contributed by atoms with Crippen molar-refractivity contribution in [1.82, 2.24) is 9.97 Å². The molecule has 0 atom stereocenters. The zero-order valence-corrected chi connectivity index (χ0v) is 17.1. The third kappa shape index (κ3) is 3.28. The number of methoxy groups -OCH3 is 1. The highest BCUT2D eigenvalue weighted by Crippen LogP contribution is 2.39. The summed E-state index contributed by atoms with van der Waals surface area (Å²) in [6.45, 7) is 2.68. The Balaban J connectivity index is 1.62. The number of rotatable bonds is 5. The third-order valence-electron chi connectivity index (χ3n) is 5.61. The highest BCUT2D eigenvalue weighted by molar-refractivity contribution is 6.02. The lowest BCUT2D eigenvalue weighted by molar-refractivity contribution is -0.119. The number of amides is 1. The van der Waals surface area contributed by atoms with Gasteiger partial charge < -0.3 is 9.47 Å². The topological polar surface area (TPSA) is 64.6 Å². The number of benzene rings is 1. The Hall–Kier alpha value is -3.41. The van der Waals surface area contributed by atoms with Gasteiger partial charge in [-0.1, -0.05) is 6.07 Å². The number of pyridine rings is 2. The van der Waals surface area contributed by atoms with Gasteiger partial charge in [0, 0.05) is 18.5 Å². The number of carbonyl (C=O) groups is 1. The van der Waals surface area contributed by atoms with Gasteiger partial charge in [0.1, 0.15) is 11.6 Å². The van der Waals surface area contributed by atoms with Gasteiger partial charge in [-0.05, 0) is 67.3 Å². The van der Waals surface area contributed by atoms with Gasteiger partial charge in [0.2, 0.25) is 11.8 Å². The fourth-order valence-electron chi connectivity index (χ4n) is 3.85. The number of carbonyl (C=O) groups excluding carboxylic acids is 1. The quantitative estimate of drug-likeness (QED) is 0.631. The van der Waals surface area contributed by atoms with Crippen LogP contribution >= 0.6 is 0 Å². The van der Waals surface area contributed by atoms with Crippen molar-refractivity contribution in [2.45, 2.75) is 26.2 Å². The monoisotopic (exact) mass is 401 g/mol. The van der Waals surface area contributed by atoms with Gasteiger partial charge in [0.15, 0.2) is 0 Å². The molecule has 1 fully saturated rings. The van der Waals surface area contributed by atoms with Crippen molar-refractivity contribution in [2.75, 3.05) is 18.6 Å². The maximum atomic E-state index is 13.3. The van der Waals surface area contributed by atoms with Crippen LogP contribution in [0.2, 0.25) is 0 Å². The molecule has 1 saturated carbocycles. The number of nitrogens with zero attached hydrogens (tertiary/aromatic N) is 3. The van der Waals surface area contributed by atoms with Crippen LogP contribution in [0.5, 0.6) is 11.6 Å². The highest BCUT2D eigenvalue weighted by atomic mass is 16.5. The zero-order chi connectivity index (χ0) is 20.7. The minimum atomic E-state index is 0.0639. The van der Waals surface area contributed by atoms with E-state index in [1.54, 1.807) is 18.2 Å². The summed E-state index contributed by atoms with van der Waals surface area (Å²) in [5, 5.41) is 0. The second-order valence-corrected chi connectivity index (χ2v) is 7.73. The summed E-state index contributed by atoms with van der Waals surface area (Å²) in [6.07, 6.45) is 4.40. The Labute approximate surface area is 175 Å². The number of fused-ring (bicyclic) bond motifs is 1. The van der Waals surface area contributed by atoms with Gasteiger partial charge in [-0.15, -0.1) is 0 Å². The average molecular weight is 401 g/mol. The molecule has 1 aliphatic heterocycles. The molecule has 0 spiro atoms. The fraction of sp³-hybridized carbons (Fsp3) is 0.292. The van der Waals surface area contributed by atoms with Crippen molar-refractivity contribution >= 4 is 17.4 Å². The molecule has 5 rings (SSSR count). The lowest BCUT2D eigenvalue weighted by Crippen LogP contribution is -2.28. The van der Waals surface area contributed by atoms with E-state index in [1.165, 1.54) is 0 Å². The van der Waals surface area contributed by atoms with E-state index in [4.69, 9.17) is 14.5 Å². The Morgan fingerprint density at radius 3 is 2.87 bits per heavy atom. The van der Waals surface area contributed by atoms with E-state index >= 15 is 0 Å². The van der Waals surface area contributed by atoms with Crippen molar-refractivity contribution in [2.24, 2.45) is 5.92 Å². The smallest absolute Gasteiger partial charge is 0.235 e. The number of aryl methyl sites for hydroxylation is 1. The molecule has 1 aliphatic carbocycles. The maximum absolute atomic E-state index is 13.3. The molecular formula is C24H23N3O3. The molecule has 3 aromatic rings. The van der Waals surface area contributed by atoms with Crippen LogP contribution in [0, 0.1) is 12.8 Å². The molecule has 0 unspecified atom stereocenters. The van der Waals surface area contributed by atoms with Crippen molar-refractivity contribution in [3.05, 3.63) is 59.8 Å². The molecular weight excluding hydrogens is 378 g/mol. The fourth-order valence-corrected chi connectivity index (χ4v) is 3.85. The summed E-state index contributed by atoms with van der Waals surface area (Å²) in [5.41, 5.74) is 4.52. The predicted molar refractivity (Wildman–Crippen MR) is 114 cm³/mol. The highest BCUT2D eigenvalue weighted by Gasteiger charge is 2.36. The van der Waals surface area contributed by atoms with Crippen LogP contribution in [-0.2, 0) is 11.2 Å². The minimum absolute atomic E-state index is 0.0639. The van der Waals surface area contributed by atoms with E-state index in [9.17, 15) is 4.79 Å². The molecule has 2 aromatic heterocycles. The molecule has 6 heteroatoms. The Morgan fingerprint density at radius 2 is 2.07 bits per heavy atom. The Morgan fingerprint density at radius 1 is 1.20 bits per heavy atom. The summed E-state index contributed by atoms with van der Waals surface area (Å²) in [4.78, 5) is 24.2. The molecule has 0 N–H and O–H groups in total. The summed E-state index contributed by atoms with van der Waals surface area (Å²) in [7, 11) is 1.60. The molecule has 0 saturated heterocycles. The number of hydrogen-bond donors (Lipinski definition) is 0. The van der Waals surface area contributed by atoms with Crippen LogP contribution < -0.4 is 14.4 Å². The maximum Gasteiger partial charge on any atom is 0.235 e. The predicted octanol–water partition coefficient (Wildman–Crippen LogP) is 4.47. The summed E-state index contributed by atoms with van der Waals surface area (Å²) >= 11 is 0. The number of aromatic nitrogens is 2. The van der Waals surface area contributed by atoms with Crippen molar-refractivity contribution in [3.8, 4) is 22.9 Å². The number of ether oxygens (including phenoxy) is 2. The number of anilines is 2. The van der Waals surface area contributed by atoms with Crippen LogP contribution in [-0.4, -0.2) is 29.6 Å². The summed E-state index contributed by atoms with van der Waals surface area (Å²) in [6, 6.07) is 13.6. The molecule has 1 aromatic carbocycles. The van der Waals surface area contributed by atoms with Gasteiger partial charge in [-0.2, -0.15) is 0 Å². The van der Waals surface area contributed by atoms with Gasteiger partial charge in [0.25, 0.3) is 0 Å². The lowest BCUT2D eigenvalue weighted by atomic mass is 10.1. The Kier molecular flexibility index (Phi) is 4.62. The van der Waals surface area contributed by atoms with E-state index in [2.05, 4.69) is 11.1 Å². The molecule has 2 aliphatic rings. The van der Waals surface area contributed by atoms with Crippen LogP contribution in [0.4, 0.5) is 11.5 Å². The molecule has 3 heterocycles. The average Bonchev–Trinajstić information content (AvgIpc) is 3.52. The molecule has 152 valence electrons. The Bertz CT molecular complexity index is 1120. The summed E-state index contributed by atoms with van der Waals surface area (Å²) < 4.78 is 11.1. The SMILES string of the molecule is COc1ncccc1-c1nc(N(C(=O)C2CC2)c2ccc3c(c2)CCO3)ccc1C. The molecule has 6 nitrogen and oxygen atoms in total. The van der Waals surface area contributed by atoms with Crippen LogP contribution in [0.25, 0.3) is 11.3 Å². The third-order valence-corrected chi connectivity index (χ3v) is 5.61. The van der Waals surface area contributed by atoms with Gasteiger partial charge in [0.05, 0.1) is 30.7 Å². The first kappa shape index (κ1) is 18.6. The van der Waals surface area contributed by atoms with Gasteiger partial charge >= 0.3 is 0 Å². The molecule has 0 bridgehead atoms. The summed E-state index contributed by atoms with van der Waals surface area (Å²) in [5.74, 6) is 2.18. The van der Waals surface area contributed by atoms with E-state index in [0.717, 1.165) is 53.1 Å². The van der Waals surface area contributed by atoms with Crippen molar-refractivity contribution < 1.29 is 14.3 Å². The van der Waals surface area contributed by atoms with Crippen LogP contribution in [0.1, 0.15) is 24.0 Å². The molecule has 30 heavy (non-hydrogen) atoms. The van der Waals surface area contributed by atoms with Gasteiger partial charge in [-0.25, -0.2) is 9.97 Å². The second-order valence-electron chi connectivity index (χ2n) is 7.73. The molecule has 0 radical (unpaired) electrons. The first-order valence-electron chi connectivity index (χ1n) is 10.2. The van der Waals surface area contributed by atoms with E-state index < -0.39 is 0 Å². The first-order chi connectivity index (χ1) is 14.7. The van der Waals surface area contributed by atoms with Crippen molar-refractivity contribution in [1.29, 1.82) is 0 Å². The van der Waals surface area contributed by atoms with Crippen LogP contribution in [0.3, 0.4) is 0 Å². The van der Waals surface area contributed by atoms with E-state index in [1.807, 2.05) is 43.3 Å². The van der Waals surface area contributed by atoms with Crippen LogP contribution in [0.15, 0.2) is 48.7 Å². The standard InChI is InChI=1S/C24H23N3O3/c1-15-5-10-21(26-22(15)19-4-3-12-25-23(19)29-2)27(24(28)16-6-7-16)18-8-9-20-17(14-18)11-13-30-20/h3-5,8-10,12,14,16H,6-7,11,13H2,1-2H3. The lowest BCUT2D eigenvalue weighted by Gasteiger charge is -2.24. The van der Waals surface area contributed by atoms with Gasteiger partial charge in [-0.3, -0.25) is 9.69 Å². The molecule has 1 amide bonds. The number of hydrogen-bond acceptors (Lipinski definition) is 5. The zero-order valence-electron chi connectivity index (χ0n) is 17.1. The first-order valence-corrected chi connectivity index (χ1v) is 10.2. The minimum Gasteiger partial charge on any atom is -0.493 e. The largest absolute Gasteiger partial charge is 0.493 e. The normalized spacial score (nSPS) is 14.7. The van der Waals surface area contributed by atoms with E-state index in [-0.39, 0.29) is 11.8 Å². The second kappa shape index (κ2) is 7.44. The van der Waals surface area contributed by atoms with Crippen molar-refractivity contribution in [3.63, 3.8) is 0 Å².